The Balaban J connectivity index is 1.46. The molecular formula is C25H23F3N4O2. The molecule has 3 N–H and O–H groups in total. The Labute approximate surface area is 194 Å². The number of amides is 2. The van der Waals surface area contributed by atoms with Crippen molar-refractivity contribution in [1.82, 2.24) is 15.2 Å². The van der Waals surface area contributed by atoms with Gasteiger partial charge in [-0.25, -0.2) is 4.98 Å². The lowest BCUT2D eigenvalue weighted by atomic mass is 9.94. The van der Waals surface area contributed by atoms with Crippen LogP contribution in [0.15, 0.2) is 60.7 Å². The summed E-state index contributed by atoms with van der Waals surface area (Å²) in [6.45, 7) is 2.46. The highest BCUT2D eigenvalue weighted by atomic mass is 19.4. The molecule has 2 aromatic carbocycles. The van der Waals surface area contributed by atoms with E-state index in [0.717, 1.165) is 28.8 Å². The summed E-state index contributed by atoms with van der Waals surface area (Å²) >= 11 is 0. The van der Waals surface area contributed by atoms with E-state index in [9.17, 15) is 22.8 Å². The van der Waals surface area contributed by atoms with Crippen LogP contribution in [0.25, 0.3) is 11.1 Å². The summed E-state index contributed by atoms with van der Waals surface area (Å²) in [5, 5.41) is 2.66. The van der Waals surface area contributed by atoms with E-state index < -0.39 is 23.7 Å². The molecule has 0 radical (unpaired) electrons. The zero-order chi connectivity index (χ0) is 24.5. The normalized spacial score (nSPS) is 14.3. The number of nitrogens with two attached hydrogens (primary N) is 1. The zero-order valence-electron chi connectivity index (χ0n) is 18.4. The van der Waals surface area contributed by atoms with Gasteiger partial charge in [-0.05, 0) is 65.9 Å². The summed E-state index contributed by atoms with van der Waals surface area (Å²) in [4.78, 5) is 31.0. The number of carbonyl (C=O) groups excluding carboxylic acids is 2. The fraction of sp³-hybridized carbons (Fsp3) is 0.240. The van der Waals surface area contributed by atoms with E-state index in [0.29, 0.717) is 25.1 Å². The van der Waals surface area contributed by atoms with Crippen LogP contribution < -0.4 is 11.1 Å². The number of nitrogens with one attached hydrogen (secondary N) is 1. The van der Waals surface area contributed by atoms with Gasteiger partial charge in [-0.15, -0.1) is 0 Å². The van der Waals surface area contributed by atoms with Crippen molar-refractivity contribution >= 4 is 17.6 Å². The number of hydrogen-bond donors (Lipinski definition) is 2. The molecular weight excluding hydrogens is 445 g/mol. The van der Waals surface area contributed by atoms with E-state index in [1.165, 1.54) is 18.2 Å². The quantitative estimate of drug-likeness (QED) is 0.605. The molecule has 2 amide bonds. The largest absolute Gasteiger partial charge is 0.416 e. The van der Waals surface area contributed by atoms with Crippen molar-refractivity contribution < 1.29 is 22.8 Å². The zero-order valence-corrected chi connectivity index (χ0v) is 18.4. The molecule has 0 bridgehead atoms. The Morgan fingerprint density at radius 2 is 1.74 bits per heavy atom. The summed E-state index contributed by atoms with van der Waals surface area (Å²) in [6.07, 6.45) is -3.74. The van der Waals surface area contributed by atoms with E-state index in [1.54, 1.807) is 24.0 Å². The maximum Gasteiger partial charge on any atom is 0.416 e. The van der Waals surface area contributed by atoms with Crippen LogP contribution in [-0.2, 0) is 23.9 Å². The van der Waals surface area contributed by atoms with E-state index in [4.69, 9.17) is 5.73 Å². The molecule has 34 heavy (non-hydrogen) atoms. The third-order valence-corrected chi connectivity index (χ3v) is 5.80. The van der Waals surface area contributed by atoms with Gasteiger partial charge < -0.3 is 16.0 Å². The molecule has 1 aliphatic rings. The van der Waals surface area contributed by atoms with E-state index in [2.05, 4.69) is 10.3 Å². The average Bonchev–Trinajstić information content (AvgIpc) is 2.82. The molecule has 2 heterocycles. The molecule has 4 rings (SSSR count). The van der Waals surface area contributed by atoms with Gasteiger partial charge in [-0.1, -0.05) is 30.3 Å². The smallest absolute Gasteiger partial charge is 0.384 e. The summed E-state index contributed by atoms with van der Waals surface area (Å²) < 4.78 is 38.6. The van der Waals surface area contributed by atoms with Crippen LogP contribution in [0.1, 0.15) is 34.1 Å². The number of hydrogen-bond acceptors (Lipinski definition) is 4. The van der Waals surface area contributed by atoms with Crippen LogP contribution in [0.3, 0.4) is 0 Å². The molecule has 0 saturated carbocycles. The van der Waals surface area contributed by atoms with Crippen molar-refractivity contribution in [2.75, 3.05) is 12.3 Å². The van der Waals surface area contributed by atoms with Crippen LogP contribution in [0.4, 0.5) is 19.0 Å². The lowest BCUT2D eigenvalue weighted by Gasteiger charge is -2.31. The van der Waals surface area contributed by atoms with Crippen molar-refractivity contribution in [3.05, 3.63) is 83.0 Å². The highest BCUT2D eigenvalue weighted by Gasteiger charge is 2.30. The number of aromatic nitrogens is 1. The fourth-order valence-electron chi connectivity index (χ4n) is 3.96. The van der Waals surface area contributed by atoms with Gasteiger partial charge in [0, 0.05) is 13.1 Å². The maximum absolute atomic E-state index is 13.0. The number of pyridine rings is 1. The third-order valence-electron chi connectivity index (χ3n) is 5.80. The van der Waals surface area contributed by atoms with Crippen LogP contribution in [0.2, 0.25) is 0 Å². The minimum atomic E-state index is -4.38. The standard InChI is InChI=1S/C25H23F3N4O2/c1-15(30-23(33)21-3-2-4-22(29)31-21)24(34)32-12-11-17-5-6-18(13-19(17)14-32)16-7-9-20(10-8-16)25(26,27)28/h2-10,13,15H,11-12,14H2,1H3,(H2,29,31)(H,30,33)/t15-/m1/s1. The van der Waals surface area contributed by atoms with Gasteiger partial charge in [-0.3, -0.25) is 9.59 Å². The second-order valence-corrected chi connectivity index (χ2v) is 8.21. The van der Waals surface area contributed by atoms with Gasteiger partial charge in [-0.2, -0.15) is 13.2 Å². The molecule has 1 aliphatic heterocycles. The summed E-state index contributed by atoms with van der Waals surface area (Å²) in [7, 11) is 0. The molecule has 9 heteroatoms. The number of rotatable bonds is 4. The average molecular weight is 468 g/mol. The molecule has 1 atom stereocenters. The third kappa shape index (κ3) is 5.03. The number of anilines is 1. The van der Waals surface area contributed by atoms with Gasteiger partial charge in [0.25, 0.3) is 5.91 Å². The van der Waals surface area contributed by atoms with Crippen LogP contribution in [0.5, 0.6) is 0 Å². The topological polar surface area (TPSA) is 88.3 Å². The molecule has 0 saturated heterocycles. The van der Waals surface area contributed by atoms with Gasteiger partial charge in [0.2, 0.25) is 5.91 Å². The number of halogens is 3. The molecule has 0 unspecified atom stereocenters. The first-order valence-electron chi connectivity index (χ1n) is 10.7. The van der Waals surface area contributed by atoms with E-state index in [1.807, 2.05) is 18.2 Å². The van der Waals surface area contributed by atoms with Crippen molar-refractivity contribution in [2.45, 2.75) is 32.1 Å². The Hall–Kier alpha value is -3.88. The number of nitrogens with zero attached hydrogens (tertiary/aromatic N) is 2. The maximum atomic E-state index is 13.0. The van der Waals surface area contributed by atoms with Crippen LogP contribution in [-0.4, -0.2) is 34.3 Å². The summed E-state index contributed by atoms with van der Waals surface area (Å²) in [5.74, 6) is -0.513. The molecule has 0 spiro atoms. The Morgan fingerprint density at radius 3 is 2.41 bits per heavy atom. The highest BCUT2D eigenvalue weighted by Crippen LogP contribution is 2.32. The molecule has 0 fully saturated rings. The predicted molar refractivity (Wildman–Crippen MR) is 122 cm³/mol. The molecule has 6 nitrogen and oxygen atoms in total. The predicted octanol–water partition coefficient (Wildman–Crippen LogP) is 4.05. The Morgan fingerprint density at radius 1 is 1.03 bits per heavy atom. The minimum Gasteiger partial charge on any atom is -0.384 e. The number of carbonyl (C=O) groups is 2. The monoisotopic (exact) mass is 468 g/mol. The number of benzene rings is 2. The van der Waals surface area contributed by atoms with E-state index in [-0.39, 0.29) is 17.4 Å². The van der Waals surface area contributed by atoms with Crippen molar-refractivity contribution in [1.29, 1.82) is 0 Å². The summed E-state index contributed by atoms with van der Waals surface area (Å²) in [5.41, 5.74) is 8.49. The second-order valence-electron chi connectivity index (χ2n) is 8.21. The SMILES string of the molecule is C[C@@H](NC(=O)c1cccc(N)n1)C(=O)N1CCc2ccc(-c3ccc(C(F)(F)F)cc3)cc2C1. The van der Waals surface area contributed by atoms with Crippen LogP contribution in [0, 0.1) is 0 Å². The molecule has 0 aliphatic carbocycles. The van der Waals surface area contributed by atoms with Gasteiger partial charge in [0.05, 0.1) is 5.56 Å². The molecule has 176 valence electrons. The lowest BCUT2D eigenvalue weighted by Crippen LogP contribution is -2.48. The Kier molecular flexibility index (Phi) is 6.28. The summed E-state index contributed by atoms with van der Waals surface area (Å²) in [6, 6.07) is 14.6. The first-order chi connectivity index (χ1) is 16.1. The first kappa shape index (κ1) is 23.3. The molecule has 1 aromatic heterocycles. The van der Waals surface area contributed by atoms with Gasteiger partial charge in [0.15, 0.2) is 0 Å². The van der Waals surface area contributed by atoms with E-state index >= 15 is 0 Å². The van der Waals surface area contributed by atoms with Crippen LogP contribution >= 0.6 is 0 Å². The van der Waals surface area contributed by atoms with Crippen molar-refractivity contribution in [3.63, 3.8) is 0 Å². The molecule has 3 aromatic rings. The fourth-order valence-corrected chi connectivity index (χ4v) is 3.96. The minimum absolute atomic E-state index is 0.129. The van der Waals surface area contributed by atoms with Crippen molar-refractivity contribution in [2.24, 2.45) is 0 Å². The number of alkyl halides is 3. The lowest BCUT2D eigenvalue weighted by molar-refractivity contribution is -0.137. The Bertz CT molecular complexity index is 1230. The van der Waals surface area contributed by atoms with Crippen molar-refractivity contribution in [3.8, 4) is 11.1 Å². The van der Waals surface area contributed by atoms with Gasteiger partial charge in [0.1, 0.15) is 17.6 Å². The van der Waals surface area contributed by atoms with Gasteiger partial charge >= 0.3 is 6.18 Å². The first-order valence-corrected chi connectivity index (χ1v) is 10.7. The second kappa shape index (κ2) is 9.17. The highest BCUT2D eigenvalue weighted by molar-refractivity contribution is 5.96. The number of nitrogen functional groups attached to an aromatic ring is 1. The number of fused-ring (bicyclic) bond motifs is 1.